The second-order valence-corrected chi connectivity index (χ2v) is 6.51. The molecule has 24 heavy (non-hydrogen) atoms. The molecule has 1 aromatic carbocycles. The number of hydrogen-bond donors (Lipinski definition) is 2. The van der Waals surface area contributed by atoms with Crippen molar-refractivity contribution >= 4 is 17.8 Å². The van der Waals surface area contributed by atoms with Gasteiger partial charge in [-0.05, 0) is 36.5 Å². The van der Waals surface area contributed by atoms with Crippen molar-refractivity contribution in [3.8, 4) is 0 Å². The van der Waals surface area contributed by atoms with E-state index in [2.05, 4.69) is 17.6 Å². The van der Waals surface area contributed by atoms with Gasteiger partial charge in [-0.1, -0.05) is 19.1 Å². The van der Waals surface area contributed by atoms with Crippen LogP contribution in [-0.2, 0) is 9.59 Å². The standard InChI is InChI=1S/C17H20FN3O3/c1-10-7-14(11-3-2-4-12(18)8-11)21(9-10)15(22)6-5-13-16(23)20-17(24)19-13/h2-4,8,10,13-14H,5-7,9H2,1H3,(H2,19,20,23,24). The normalized spacial score (nSPS) is 26.4. The van der Waals surface area contributed by atoms with E-state index in [1.54, 1.807) is 11.0 Å². The molecule has 3 unspecified atom stereocenters. The number of hydrogen-bond acceptors (Lipinski definition) is 3. The Morgan fingerprint density at radius 1 is 1.38 bits per heavy atom. The molecule has 0 aliphatic carbocycles. The minimum Gasteiger partial charge on any atom is -0.335 e. The molecule has 0 spiro atoms. The van der Waals surface area contributed by atoms with Crippen molar-refractivity contribution < 1.29 is 18.8 Å². The second kappa shape index (κ2) is 6.59. The van der Waals surface area contributed by atoms with Gasteiger partial charge in [0.15, 0.2) is 0 Å². The smallest absolute Gasteiger partial charge is 0.322 e. The Bertz CT molecular complexity index is 679. The van der Waals surface area contributed by atoms with Gasteiger partial charge in [-0.25, -0.2) is 9.18 Å². The minimum atomic E-state index is -0.658. The van der Waals surface area contributed by atoms with Crippen LogP contribution in [0.1, 0.15) is 37.8 Å². The Kier molecular flexibility index (Phi) is 4.51. The van der Waals surface area contributed by atoms with Gasteiger partial charge in [-0.2, -0.15) is 0 Å². The van der Waals surface area contributed by atoms with Gasteiger partial charge < -0.3 is 10.2 Å². The zero-order valence-corrected chi connectivity index (χ0v) is 13.4. The van der Waals surface area contributed by atoms with Gasteiger partial charge in [-0.3, -0.25) is 14.9 Å². The van der Waals surface area contributed by atoms with Crippen LogP contribution in [0.3, 0.4) is 0 Å². The maximum Gasteiger partial charge on any atom is 0.322 e. The summed E-state index contributed by atoms with van der Waals surface area (Å²) in [4.78, 5) is 37.0. The molecule has 0 aromatic heterocycles. The van der Waals surface area contributed by atoms with Crippen LogP contribution in [0.2, 0.25) is 0 Å². The number of halogens is 1. The van der Waals surface area contributed by atoms with E-state index >= 15 is 0 Å². The van der Waals surface area contributed by atoms with Crippen LogP contribution in [0.4, 0.5) is 9.18 Å². The number of nitrogens with one attached hydrogen (secondary N) is 2. The summed E-state index contributed by atoms with van der Waals surface area (Å²) in [6.07, 6.45) is 1.21. The zero-order valence-electron chi connectivity index (χ0n) is 13.4. The van der Waals surface area contributed by atoms with Crippen LogP contribution in [-0.4, -0.2) is 35.3 Å². The molecule has 128 valence electrons. The first kappa shape index (κ1) is 16.4. The molecular weight excluding hydrogens is 313 g/mol. The number of amides is 4. The Morgan fingerprint density at radius 3 is 2.83 bits per heavy atom. The largest absolute Gasteiger partial charge is 0.335 e. The molecule has 0 saturated carbocycles. The van der Waals surface area contributed by atoms with Crippen molar-refractivity contribution in [1.29, 1.82) is 0 Å². The lowest BCUT2D eigenvalue weighted by molar-refractivity contribution is -0.132. The van der Waals surface area contributed by atoms with E-state index in [1.807, 2.05) is 6.07 Å². The van der Waals surface area contributed by atoms with Crippen LogP contribution in [0.15, 0.2) is 24.3 Å². The highest BCUT2D eigenvalue weighted by atomic mass is 19.1. The third-order valence-electron chi connectivity index (χ3n) is 4.57. The van der Waals surface area contributed by atoms with E-state index in [1.165, 1.54) is 12.1 Å². The van der Waals surface area contributed by atoms with Crippen LogP contribution in [0.5, 0.6) is 0 Å². The average Bonchev–Trinajstić information content (AvgIpc) is 3.07. The summed E-state index contributed by atoms with van der Waals surface area (Å²) in [5, 5.41) is 4.64. The van der Waals surface area contributed by atoms with Gasteiger partial charge in [0.25, 0.3) is 5.91 Å². The van der Waals surface area contributed by atoms with E-state index in [4.69, 9.17) is 0 Å². The third kappa shape index (κ3) is 3.39. The van der Waals surface area contributed by atoms with E-state index in [0.29, 0.717) is 12.5 Å². The highest BCUT2D eigenvalue weighted by Gasteiger charge is 2.35. The lowest BCUT2D eigenvalue weighted by atomic mass is 10.0. The molecule has 2 saturated heterocycles. The molecule has 2 N–H and O–H groups in total. The molecule has 0 radical (unpaired) electrons. The molecule has 2 aliphatic heterocycles. The number of imide groups is 1. The second-order valence-electron chi connectivity index (χ2n) is 6.51. The number of carbonyl (C=O) groups excluding carboxylic acids is 3. The lowest BCUT2D eigenvalue weighted by Gasteiger charge is -2.25. The first-order valence-electron chi connectivity index (χ1n) is 8.10. The molecule has 1 aromatic rings. The minimum absolute atomic E-state index is 0.0810. The summed E-state index contributed by atoms with van der Waals surface area (Å²) < 4.78 is 13.5. The summed E-state index contributed by atoms with van der Waals surface area (Å²) in [7, 11) is 0. The Hall–Kier alpha value is -2.44. The fourth-order valence-electron chi connectivity index (χ4n) is 3.43. The summed E-state index contributed by atoms with van der Waals surface area (Å²) in [6.45, 7) is 2.67. The van der Waals surface area contributed by atoms with Gasteiger partial charge in [0.2, 0.25) is 5.91 Å². The van der Waals surface area contributed by atoms with Crippen molar-refractivity contribution in [3.05, 3.63) is 35.6 Å². The molecule has 3 rings (SSSR count). The predicted molar refractivity (Wildman–Crippen MR) is 84.3 cm³/mol. The molecular formula is C17H20FN3O3. The number of carbonyl (C=O) groups is 3. The van der Waals surface area contributed by atoms with Crippen LogP contribution in [0.25, 0.3) is 0 Å². The molecule has 2 fully saturated rings. The number of rotatable bonds is 4. The van der Waals surface area contributed by atoms with Gasteiger partial charge in [0.1, 0.15) is 11.9 Å². The fraction of sp³-hybridized carbons (Fsp3) is 0.471. The predicted octanol–water partition coefficient (Wildman–Crippen LogP) is 1.72. The first-order valence-corrected chi connectivity index (χ1v) is 8.10. The van der Waals surface area contributed by atoms with Crippen LogP contribution >= 0.6 is 0 Å². The quantitative estimate of drug-likeness (QED) is 0.824. The highest BCUT2D eigenvalue weighted by Crippen LogP contribution is 2.36. The highest BCUT2D eigenvalue weighted by molar-refractivity contribution is 6.04. The van der Waals surface area contributed by atoms with E-state index < -0.39 is 18.0 Å². The number of likely N-dealkylation sites (tertiary alicyclic amines) is 1. The Morgan fingerprint density at radius 2 is 2.17 bits per heavy atom. The lowest BCUT2D eigenvalue weighted by Crippen LogP contribution is -2.34. The van der Waals surface area contributed by atoms with Gasteiger partial charge in [-0.15, -0.1) is 0 Å². The van der Waals surface area contributed by atoms with Crippen molar-refractivity contribution in [2.24, 2.45) is 5.92 Å². The molecule has 7 heteroatoms. The molecule has 0 bridgehead atoms. The van der Waals surface area contributed by atoms with Crippen molar-refractivity contribution in [3.63, 3.8) is 0 Å². The van der Waals surface area contributed by atoms with Gasteiger partial charge in [0, 0.05) is 13.0 Å². The van der Waals surface area contributed by atoms with Crippen molar-refractivity contribution in [2.45, 2.75) is 38.3 Å². The Labute approximate surface area is 139 Å². The monoisotopic (exact) mass is 333 g/mol. The SMILES string of the molecule is CC1CC(c2cccc(F)c2)N(C(=O)CCC2NC(=O)NC2=O)C1. The topological polar surface area (TPSA) is 78.5 Å². The molecule has 4 amide bonds. The summed E-state index contributed by atoms with van der Waals surface area (Å²) in [5.74, 6) is -0.465. The molecule has 3 atom stereocenters. The van der Waals surface area contributed by atoms with Crippen molar-refractivity contribution in [2.75, 3.05) is 6.54 Å². The van der Waals surface area contributed by atoms with E-state index in [0.717, 1.165) is 12.0 Å². The molecule has 2 heterocycles. The van der Waals surface area contributed by atoms with Crippen molar-refractivity contribution in [1.82, 2.24) is 15.5 Å². The zero-order chi connectivity index (χ0) is 17.3. The first-order chi connectivity index (χ1) is 11.4. The maximum atomic E-state index is 13.5. The number of urea groups is 1. The Balaban J connectivity index is 1.66. The van der Waals surface area contributed by atoms with E-state index in [9.17, 15) is 18.8 Å². The fourth-order valence-corrected chi connectivity index (χ4v) is 3.43. The van der Waals surface area contributed by atoms with Gasteiger partial charge in [0.05, 0.1) is 6.04 Å². The van der Waals surface area contributed by atoms with Gasteiger partial charge >= 0.3 is 6.03 Å². The van der Waals surface area contributed by atoms with Crippen LogP contribution in [0, 0.1) is 11.7 Å². The number of nitrogens with zero attached hydrogens (tertiary/aromatic N) is 1. The number of benzene rings is 1. The molecule has 2 aliphatic rings. The average molecular weight is 333 g/mol. The molecule has 6 nitrogen and oxygen atoms in total. The third-order valence-corrected chi connectivity index (χ3v) is 4.57. The van der Waals surface area contributed by atoms with Crippen LogP contribution < -0.4 is 10.6 Å². The summed E-state index contributed by atoms with van der Waals surface area (Å²) in [6, 6.07) is 5.00. The summed E-state index contributed by atoms with van der Waals surface area (Å²) >= 11 is 0. The van der Waals surface area contributed by atoms with E-state index in [-0.39, 0.29) is 30.6 Å². The summed E-state index contributed by atoms with van der Waals surface area (Å²) in [5.41, 5.74) is 0.791. The maximum absolute atomic E-state index is 13.5.